The normalized spacial score (nSPS) is 20.1. The molecule has 0 spiro atoms. The van der Waals surface area contributed by atoms with Crippen molar-refractivity contribution in [1.82, 2.24) is 24.7 Å². The first kappa shape index (κ1) is 20.3. The van der Waals surface area contributed by atoms with Gasteiger partial charge in [-0.25, -0.2) is 4.98 Å². The van der Waals surface area contributed by atoms with Crippen LogP contribution in [0.4, 0.5) is 0 Å². The van der Waals surface area contributed by atoms with Crippen molar-refractivity contribution in [3.63, 3.8) is 0 Å². The van der Waals surface area contributed by atoms with Gasteiger partial charge in [-0.2, -0.15) is 0 Å². The Balaban J connectivity index is 0.00000225. The van der Waals surface area contributed by atoms with Crippen LogP contribution in [0.2, 0.25) is 0 Å². The lowest BCUT2D eigenvalue weighted by Crippen LogP contribution is -2.57. The summed E-state index contributed by atoms with van der Waals surface area (Å²) in [6, 6.07) is 7.18. The maximum absolute atomic E-state index is 12.8. The zero-order valence-electron chi connectivity index (χ0n) is 15.5. The monoisotopic (exact) mass is 405 g/mol. The molecule has 2 aromatic rings. The maximum Gasteiger partial charge on any atom is 0.261 e. The van der Waals surface area contributed by atoms with Gasteiger partial charge in [0.2, 0.25) is 11.8 Å². The van der Waals surface area contributed by atoms with Gasteiger partial charge < -0.3 is 15.1 Å². The molecule has 8 nitrogen and oxygen atoms in total. The van der Waals surface area contributed by atoms with E-state index in [-0.39, 0.29) is 42.4 Å². The minimum atomic E-state index is -0.209. The minimum absolute atomic E-state index is 0. The lowest BCUT2D eigenvalue weighted by atomic mass is 10.0. The number of fused-ring (bicyclic) bond motifs is 1. The number of aromatic nitrogens is 2. The summed E-state index contributed by atoms with van der Waals surface area (Å²) < 4.78 is 1.37. The highest BCUT2D eigenvalue weighted by Crippen LogP contribution is 2.17. The average Bonchev–Trinajstić information content (AvgIpc) is 2.71. The van der Waals surface area contributed by atoms with Gasteiger partial charge in [0.15, 0.2) is 0 Å². The van der Waals surface area contributed by atoms with E-state index < -0.39 is 0 Å². The summed E-state index contributed by atoms with van der Waals surface area (Å²) in [6.07, 6.45) is 3.20. The minimum Gasteiger partial charge on any atom is -0.339 e. The number of nitrogens with zero attached hydrogens (tertiary/aromatic N) is 4. The van der Waals surface area contributed by atoms with E-state index in [1.54, 1.807) is 23.1 Å². The number of halogens is 1. The highest BCUT2D eigenvalue weighted by atomic mass is 35.5. The van der Waals surface area contributed by atoms with E-state index in [1.807, 2.05) is 11.0 Å². The van der Waals surface area contributed by atoms with E-state index in [2.05, 4.69) is 10.3 Å². The van der Waals surface area contributed by atoms with Gasteiger partial charge in [-0.05, 0) is 25.0 Å². The molecule has 28 heavy (non-hydrogen) atoms. The molecule has 150 valence electrons. The van der Waals surface area contributed by atoms with Gasteiger partial charge in [-0.15, -0.1) is 12.4 Å². The number of rotatable bonds is 3. The summed E-state index contributed by atoms with van der Waals surface area (Å²) in [5.74, 6) is -0.0167. The van der Waals surface area contributed by atoms with E-state index in [1.165, 1.54) is 10.9 Å². The number of carbonyl (C=O) groups is 2. The number of para-hydroxylation sites is 1. The number of likely N-dealkylation sites (tertiary alicyclic amines) is 1. The molecule has 1 aromatic carbocycles. The van der Waals surface area contributed by atoms with Gasteiger partial charge in [0.05, 0.1) is 23.8 Å². The second-order valence-corrected chi connectivity index (χ2v) is 7.09. The number of piperidine rings is 1. The van der Waals surface area contributed by atoms with Crippen molar-refractivity contribution in [2.45, 2.75) is 25.4 Å². The summed E-state index contributed by atoms with van der Waals surface area (Å²) in [4.78, 5) is 45.4. The molecule has 0 bridgehead atoms. The maximum atomic E-state index is 12.8. The first-order chi connectivity index (χ1) is 13.1. The molecule has 1 unspecified atom stereocenters. The Kier molecular flexibility index (Phi) is 6.31. The largest absolute Gasteiger partial charge is 0.339 e. The van der Waals surface area contributed by atoms with Crippen molar-refractivity contribution >= 4 is 35.1 Å². The molecule has 1 atom stereocenters. The predicted molar refractivity (Wildman–Crippen MR) is 107 cm³/mol. The predicted octanol–water partition coefficient (Wildman–Crippen LogP) is 0.241. The second-order valence-electron chi connectivity index (χ2n) is 7.09. The highest BCUT2D eigenvalue weighted by molar-refractivity contribution is 5.85. The van der Waals surface area contributed by atoms with Gasteiger partial charge in [0, 0.05) is 32.2 Å². The number of hydrogen-bond acceptors (Lipinski definition) is 5. The Labute approximate surface area is 168 Å². The molecule has 2 aliphatic rings. The van der Waals surface area contributed by atoms with Gasteiger partial charge in [0.25, 0.3) is 5.56 Å². The van der Waals surface area contributed by atoms with Gasteiger partial charge in [-0.3, -0.25) is 19.0 Å². The van der Waals surface area contributed by atoms with Crippen LogP contribution in [0.25, 0.3) is 10.9 Å². The number of nitrogens with one attached hydrogen (secondary N) is 1. The van der Waals surface area contributed by atoms with Crippen molar-refractivity contribution in [3.8, 4) is 0 Å². The van der Waals surface area contributed by atoms with Crippen molar-refractivity contribution in [1.29, 1.82) is 0 Å². The molecular weight excluding hydrogens is 382 g/mol. The van der Waals surface area contributed by atoms with Crippen molar-refractivity contribution < 1.29 is 9.59 Å². The van der Waals surface area contributed by atoms with Gasteiger partial charge in [0.1, 0.15) is 6.54 Å². The quantitative estimate of drug-likeness (QED) is 0.790. The van der Waals surface area contributed by atoms with Crippen LogP contribution >= 0.6 is 12.4 Å². The molecule has 3 heterocycles. The Bertz CT molecular complexity index is 931. The zero-order valence-corrected chi connectivity index (χ0v) is 16.4. The van der Waals surface area contributed by atoms with E-state index in [0.29, 0.717) is 37.1 Å². The molecule has 2 amide bonds. The van der Waals surface area contributed by atoms with E-state index in [4.69, 9.17) is 0 Å². The van der Waals surface area contributed by atoms with Crippen LogP contribution in [0.1, 0.15) is 12.8 Å². The summed E-state index contributed by atoms with van der Waals surface area (Å²) in [5.41, 5.74) is 0.418. The molecule has 1 aromatic heterocycles. The Morgan fingerprint density at radius 1 is 1.21 bits per heavy atom. The molecule has 0 aliphatic carbocycles. The van der Waals surface area contributed by atoms with Crippen molar-refractivity contribution in [2.75, 3.05) is 32.7 Å². The van der Waals surface area contributed by atoms with Crippen molar-refractivity contribution in [3.05, 3.63) is 40.9 Å². The number of piperazine rings is 1. The van der Waals surface area contributed by atoms with Crippen LogP contribution in [-0.2, 0) is 16.1 Å². The van der Waals surface area contributed by atoms with Crippen LogP contribution in [-0.4, -0.2) is 69.9 Å². The Hall–Kier alpha value is -2.45. The number of amides is 2. The summed E-state index contributed by atoms with van der Waals surface area (Å²) in [6.45, 7) is 2.99. The third kappa shape index (κ3) is 4.02. The molecule has 2 aliphatic heterocycles. The number of hydrogen-bond donors (Lipinski definition) is 1. The standard InChI is InChI=1S/C19H23N5O3.ClH/c25-17-10-20-7-9-24(17)14-4-3-8-22(11-14)18(26)12-23-13-21-16-6-2-1-5-15(16)19(23)27;/h1-2,5-6,13-14,20H,3-4,7-12H2;1H. The molecule has 1 N–H and O–H groups in total. The smallest absolute Gasteiger partial charge is 0.261 e. The fourth-order valence-electron chi connectivity index (χ4n) is 3.91. The molecule has 9 heteroatoms. The summed E-state index contributed by atoms with van der Waals surface area (Å²) >= 11 is 0. The highest BCUT2D eigenvalue weighted by Gasteiger charge is 2.31. The van der Waals surface area contributed by atoms with Crippen LogP contribution < -0.4 is 10.9 Å². The molecule has 4 rings (SSSR count). The second kappa shape index (κ2) is 8.70. The van der Waals surface area contributed by atoms with Gasteiger partial charge >= 0.3 is 0 Å². The average molecular weight is 406 g/mol. The SMILES string of the molecule is Cl.O=C(Cn1cnc2ccccc2c1=O)N1CCCC(N2CCNCC2=O)C1. The summed E-state index contributed by atoms with van der Waals surface area (Å²) in [7, 11) is 0. The lowest BCUT2D eigenvalue weighted by molar-refractivity contribution is -0.140. The molecular formula is C19H24ClN5O3. The van der Waals surface area contributed by atoms with E-state index in [9.17, 15) is 14.4 Å². The van der Waals surface area contributed by atoms with Crippen LogP contribution in [0.5, 0.6) is 0 Å². The fraction of sp³-hybridized carbons (Fsp3) is 0.474. The van der Waals surface area contributed by atoms with E-state index >= 15 is 0 Å². The van der Waals surface area contributed by atoms with Crippen molar-refractivity contribution in [2.24, 2.45) is 0 Å². The third-order valence-corrected chi connectivity index (χ3v) is 5.35. The van der Waals surface area contributed by atoms with Crippen LogP contribution in [0, 0.1) is 0 Å². The van der Waals surface area contributed by atoms with Crippen LogP contribution in [0.3, 0.4) is 0 Å². The Morgan fingerprint density at radius 3 is 2.86 bits per heavy atom. The lowest BCUT2D eigenvalue weighted by Gasteiger charge is -2.41. The first-order valence-corrected chi connectivity index (χ1v) is 9.35. The molecule has 0 radical (unpaired) electrons. The fourth-order valence-corrected chi connectivity index (χ4v) is 3.91. The third-order valence-electron chi connectivity index (χ3n) is 5.35. The number of carbonyl (C=O) groups excluding carboxylic acids is 2. The molecule has 2 fully saturated rings. The molecule has 0 saturated carbocycles. The number of benzene rings is 1. The van der Waals surface area contributed by atoms with Gasteiger partial charge in [-0.1, -0.05) is 12.1 Å². The first-order valence-electron chi connectivity index (χ1n) is 9.35. The Morgan fingerprint density at radius 2 is 2.04 bits per heavy atom. The van der Waals surface area contributed by atoms with Crippen LogP contribution in [0.15, 0.2) is 35.4 Å². The molecule has 2 saturated heterocycles. The van der Waals surface area contributed by atoms with E-state index in [0.717, 1.165) is 19.4 Å². The topological polar surface area (TPSA) is 87.5 Å². The summed E-state index contributed by atoms with van der Waals surface area (Å²) in [5, 5.41) is 3.58. The zero-order chi connectivity index (χ0) is 18.8.